The fourth-order valence-electron chi connectivity index (χ4n) is 3.06. The summed E-state index contributed by atoms with van der Waals surface area (Å²) < 4.78 is 5.35. The number of thiazole rings is 1. The minimum atomic E-state index is -0.293. The van der Waals surface area contributed by atoms with Gasteiger partial charge in [0.05, 0.1) is 12.2 Å². The minimum absolute atomic E-state index is 0.0577. The number of aromatic nitrogens is 1. The number of carbonyl (C=O) groups is 2. The zero-order valence-electron chi connectivity index (χ0n) is 13.6. The lowest BCUT2D eigenvalue weighted by molar-refractivity contribution is -0.131. The number of imide groups is 1. The third-order valence-corrected chi connectivity index (χ3v) is 5.39. The molecule has 6 nitrogen and oxygen atoms in total. The smallest absolute Gasteiger partial charge is 0.324 e. The topological polar surface area (TPSA) is 71.5 Å². The van der Waals surface area contributed by atoms with Crippen LogP contribution in [0.15, 0.2) is 5.38 Å². The molecule has 1 atom stereocenters. The van der Waals surface area contributed by atoms with Crippen LogP contribution in [0.3, 0.4) is 0 Å². The van der Waals surface area contributed by atoms with Gasteiger partial charge in [0.15, 0.2) is 0 Å². The Morgan fingerprint density at radius 3 is 2.74 bits per heavy atom. The number of nitrogens with one attached hydrogen (secondary N) is 1. The molecule has 0 aliphatic carbocycles. The number of urea groups is 1. The summed E-state index contributed by atoms with van der Waals surface area (Å²) in [5.41, 5.74) is 1.01. The molecule has 3 rings (SSSR count). The molecule has 3 heterocycles. The lowest BCUT2D eigenvalue weighted by Crippen LogP contribution is -2.56. The van der Waals surface area contributed by atoms with Gasteiger partial charge in [-0.3, -0.25) is 9.69 Å². The van der Waals surface area contributed by atoms with E-state index >= 15 is 0 Å². The molecule has 0 bridgehead atoms. The summed E-state index contributed by atoms with van der Waals surface area (Å²) in [6.07, 6.45) is 2.18. The van der Waals surface area contributed by atoms with E-state index in [1.165, 1.54) is 16.2 Å². The van der Waals surface area contributed by atoms with Gasteiger partial charge in [0, 0.05) is 31.1 Å². The maximum absolute atomic E-state index is 12.4. The molecule has 0 radical (unpaired) electrons. The van der Waals surface area contributed by atoms with Crippen LogP contribution in [0, 0.1) is 5.92 Å². The normalized spacial score (nSPS) is 23.4. The summed E-state index contributed by atoms with van der Waals surface area (Å²) in [7, 11) is 0. The standard InChI is InChI=1S/C16H23N3O3S/c1-10(2)13-9-23-14(17-13)8-19-15(20)7-12(18-16(19)21)11-3-5-22-6-4-11/h9-12H,3-8H2,1-2H3,(H,18,21). The SMILES string of the molecule is CC(C)c1csc(CN2C(=O)CC(C3CCOCC3)NC2=O)n1. The molecule has 7 heteroatoms. The van der Waals surface area contributed by atoms with Crippen molar-refractivity contribution in [1.29, 1.82) is 0 Å². The molecule has 1 aromatic rings. The quantitative estimate of drug-likeness (QED) is 0.916. The Bertz CT molecular complexity index is 563. The van der Waals surface area contributed by atoms with Gasteiger partial charge < -0.3 is 10.1 Å². The fraction of sp³-hybridized carbons (Fsp3) is 0.688. The highest BCUT2D eigenvalue weighted by atomic mass is 32.1. The van der Waals surface area contributed by atoms with E-state index in [0.29, 0.717) is 31.5 Å². The lowest BCUT2D eigenvalue weighted by Gasteiger charge is -2.36. The second kappa shape index (κ2) is 6.97. The second-order valence-electron chi connectivity index (χ2n) is 6.51. The molecule has 2 aliphatic heterocycles. The predicted octanol–water partition coefficient (Wildman–Crippen LogP) is 2.50. The highest BCUT2D eigenvalue weighted by Gasteiger charge is 2.36. The summed E-state index contributed by atoms with van der Waals surface area (Å²) in [5, 5.41) is 5.81. The number of nitrogens with zero attached hydrogens (tertiary/aromatic N) is 2. The molecule has 0 saturated carbocycles. The van der Waals surface area contributed by atoms with Crippen molar-refractivity contribution >= 4 is 23.3 Å². The summed E-state index contributed by atoms with van der Waals surface area (Å²) in [4.78, 5) is 30.6. The van der Waals surface area contributed by atoms with Gasteiger partial charge in [-0.2, -0.15) is 0 Å². The van der Waals surface area contributed by atoms with Crippen molar-refractivity contribution in [2.75, 3.05) is 13.2 Å². The van der Waals surface area contributed by atoms with Crippen LogP contribution in [0.5, 0.6) is 0 Å². The van der Waals surface area contributed by atoms with E-state index < -0.39 is 0 Å². The fourth-order valence-corrected chi connectivity index (χ4v) is 4.00. The largest absolute Gasteiger partial charge is 0.381 e. The summed E-state index contributed by atoms with van der Waals surface area (Å²) >= 11 is 1.50. The van der Waals surface area contributed by atoms with E-state index in [-0.39, 0.29) is 24.5 Å². The van der Waals surface area contributed by atoms with Crippen molar-refractivity contribution in [3.8, 4) is 0 Å². The average Bonchev–Trinajstić information content (AvgIpc) is 3.00. The van der Waals surface area contributed by atoms with Crippen molar-refractivity contribution in [2.24, 2.45) is 5.92 Å². The number of carbonyl (C=O) groups excluding carboxylic acids is 2. The van der Waals surface area contributed by atoms with Crippen LogP contribution in [-0.4, -0.2) is 41.1 Å². The third kappa shape index (κ3) is 3.72. The first-order valence-corrected chi connectivity index (χ1v) is 9.05. The first kappa shape index (κ1) is 16.4. The Balaban J connectivity index is 1.63. The number of hydrogen-bond acceptors (Lipinski definition) is 5. The number of ether oxygens (including phenoxy) is 1. The van der Waals surface area contributed by atoms with E-state index in [1.807, 2.05) is 5.38 Å². The molecule has 2 aliphatic rings. The van der Waals surface area contributed by atoms with Crippen LogP contribution in [-0.2, 0) is 16.1 Å². The van der Waals surface area contributed by atoms with Gasteiger partial charge in [0.1, 0.15) is 5.01 Å². The number of amides is 3. The average molecular weight is 337 g/mol. The summed E-state index contributed by atoms with van der Waals surface area (Å²) in [6, 6.07) is -0.350. The molecule has 1 unspecified atom stereocenters. The number of hydrogen-bond donors (Lipinski definition) is 1. The van der Waals surface area contributed by atoms with Crippen LogP contribution in [0.2, 0.25) is 0 Å². The van der Waals surface area contributed by atoms with E-state index in [2.05, 4.69) is 24.1 Å². The van der Waals surface area contributed by atoms with E-state index in [4.69, 9.17) is 4.74 Å². The molecule has 2 saturated heterocycles. The molecule has 0 spiro atoms. The lowest BCUT2D eigenvalue weighted by atomic mass is 9.88. The summed E-state index contributed by atoms with van der Waals surface area (Å²) in [5.74, 6) is 0.585. The third-order valence-electron chi connectivity index (χ3n) is 4.54. The van der Waals surface area contributed by atoms with E-state index in [9.17, 15) is 9.59 Å². The van der Waals surface area contributed by atoms with Gasteiger partial charge in [0.2, 0.25) is 5.91 Å². The maximum Gasteiger partial charge on any atom is 0.324 e. The number of rotatable bonds is 4. The van der Waals surface area contributed by atoms with Crippen molar-refractivity contribution in [2.45, 2.75) is 51.6 Å². The Kier molecular flexibility index (Phi) is 4.96. The molecular formula is C16H23N3O3S. The first-order valence-electron chi connectivity index (χ1n) is 8.17. The molecule has 1 N–H and O–H groups in total. The Hall–Kier alpha value is -1.47. The van der Waals surface area contributed by atoms with Crippen LogP contribution in [0.4, 0.5) is 4.79 Å². The second-order valence-corrected chi connectivity index (χ2v) is 7.45. The van der Waals surface area contributed by atoms with E-state index in [1.54, 1.807) is 0 Å². The molecular weight excluding hydrogens is 314 g/mol. The Morgan fingerprint density at radius 2 is 2.13 bits per heavy atom. The first-order chi connectivity index (χ1) is 11.0. The molecule has 0 aromatic carbocycles. The van der Waals surface area contributed by atoms with Gasteiger partial charge in [-0.25, -0.2) is 9.78 Å². The Labute approximate surface area is 140 Å². The van der Waals surface area contributed by atoms with Crippen LogP contribution < -0.4 is 5.32 Å². The maximum atomic E-state index is 12.4. The highest BCUT2D eigenvalue weighted by molar-refractivity contribution is 7.09. The molecule has 1 aromatic heterocycles. The van der Waals surface area contributed by atoms with Crippen molar-refractivity contribution in [3.05, 3.63) is 16.1 Å². The predicted molar refractivity (Wildman–Crippen MR) is 87.2 cm³/mol. The molecule has 2 fully saturated rings. The molecule has 3 amide bonds. The monoisotopic (exact) mass is 337 g/mol. The zero-order chi connectivity index (χ0) is 16.4. The van der Waals surface area contributed by atoms with Crippen LogP contribution in [0.25, 0.3) is 0 Å². The Morgan fingerprint density at radius 1 is 1.39 bits per heavy atom. The van der Waals surface area contributed by atoms with Crippen LogP contribution in [0.1, 0.15) is 49.7 Å². The van der Waals surface area contributed by atoms with Gasteiger partial charge in [0.25, 0.3) is 0 Å². The van der Waals surface area contributed by atoms with Crippen molar-refractivity contribution < 1.29 is 14.3 Å². The molecule has 126 valence electrons. The van der Waals surface area contributed by atoms with E-state index in [0.717, 1.165) is 23.5 Å². The summed E-state index contributed by atoms with van der Waals surface area (Å²) in [6.45, 7) is 5.85. The highest BCUT2D eigenvalue weighted by Crippen LogP contribution is 2.25. The van der Waals surface area contributed by atoms with Gasteiger partial charge in [-0.1, -0.05) is 13.8 Å². The minimum Gasteiger partial charge on any atom is -0.381 e. The van der Waals surface area contributed by atoms with Gasteiger partial charge >= 0.3 is 6.03 Å². The van der Waals surface area contributed by atoms with Crippen molar-refractivity contribution in [1.82, 2.24) is 15.2 Å². The van der Waals surface area contributed by atoms with Gasteiger partial charge in [-0.15, -0.1) is 11.3 Å². The zero-order valence-corrected chi connectivity index (χ0v) is 14.4. The molecule has 23 heavy (non-hydrogen) atoms. The van der Waals surface area contributed by atoms with Crippen LogP contribution >= 0.6 is 11.3 Å². The van der Waals surface area contributed by atoms with Gasteiger partial charge in [-0.05, 0) is 24.7 Å². The van der Waals surface area contributed by atoms with Crippen molar-refractivity contribution in [3.63, 3.8) is 0 Å².